The molecule has 0 saturated heterocycles. The summed E-state index contributed by atoms with van der Waals surface area (Å²) < 4.78 is 36.2. The van der Waals surface area contributed by atoms with Crippen molar-refractivity contribution in [3.63, 3.8) is 0 Å². The van der Waals surface area contributed by atoms with Gasteiger partial charge in [0.2, 0.25) is 0 Å². The Labute approximate surface area is 259 Å². The largest absolute Gasteiger partial charge is 0.465 e. The van der Waals surface area contributed by atoms with E-state index in [-0.39, 0.29) is 5.82 Å². The highest BCUT2D eigenvalue weighted by molar-refractivity contribution is 7.98. The van der Waals surface area contributed by atoms with Crippen LogP contribution in [0.3, 0.4) is 0 Å². The van der Waals surface area contributed by atoms with Crippen LogP contribution in [0.25, 0.3) is 44.4 Å². The van der Waals surface area contributed by atoms with Gasteiger partial charge in [-0.25, -0.2) is 13.6 Å². The van der Waals surface area contributed by atoms with Crippen LogP contribution in [0, 0.1) is 29.9 Å². The number of nitriles is 1. The van der Waals surface area contributed by atoms with Gasteiger partial charge in [0.1, 0.15) is 22.6 Å². The average Bonchev–Trinajstić information content (AvgIpc) is 3.60. The number of carbonyl (C=O) groups excluding carboxylic acids is 1. The highest BCUT2D eigenvalue weighted by atomic mass is 35.5. The van der Waals surface area contributed by atoms with Gasteiger partial charge in [-0.2, -0.15) is 5.26 Å². The molecule has 4 aromatic carbocycles. The van der Waals surface area contributed by atoms with E-state index >= 15 is 0 Å². The predicted molar refractivity (Wildman–Crippen MR) is 170 cm³/mol. The number of methoxy groups -OCH3 is 1. The molecule has 0 saturated carbocycles. The Kier molecular flexibility index (Phi) is 7.80. The van der Waals surface area contributed by atoms with Crippen LogP contribution in [0.1, 0.15) is 20.8 Å². The smallest absolute Gasteiger partial charge is 0.337 e. The molecule has 43 heavy (non-hydrogen) atoms. The third-order valence-corrected chi connectivity index (χ3v) is 9.26. The third-order valence-electron chi connectivity index (χ3n) is 7.10. The van der Waals surface area contributed by atoms with Crippen LogP contribution in [0.15, 0.2) is 95.2 Å². The molecule has 2 aromatic heterocycles. The minimum absolute atomic E-state index is 0.328. The third kappa shape index (κ3) is 5.32. The van der Waals surface area contributed by atoms with Gasteiger partial charge in [-0.05, 0) is 90.0 Å². The quantitative estimate of drug-likeness (QED) is 0.173. The van der Waals surface area contributed by atoms with E-state index < -0.39 is 11.8 Å². The zero-order valence-electron chi connectivity index (χ0n) is 22.8. The second kappa shape index (κ2) is 11.7. The van der Waals surface area contributed by atoms with Gasteiger partial charge in [-0.1, -0.05) is 41.9 Å². The molecular weight excluding hydrogens is 606 g/mol. The topological polar surface area (TPSA) is 55.0 Å². The second-order valence-electron chi connectivity index (χ2n) is 9.72. The van der Waals surface area contributed by atoms with Crippen LogP contribution in [-0.2, 0) is 4.74 Å². The van der Waals surface area contributed by atoms with Crippen molar-refractivity contribution in [3.8, 4) is 39.6 Å². The number of rotatable bonds is 6. The molecule has 9 heteroatoms. The maximum atomic E-state index is 14.8. The summed E-state index contributed by atoms with van der Waals surface area (Å²) >= 11 is 9.25. The molecule has 0 unspecified atom stereocenters. The monoisotopic (exact) mass is 626 g/mol. The molecule has 4 nitrogen and oxygen atoms in total. The number of aromatic nitrogens is 1. The molecule has 0 aliphatic heterocycles. The number of nitrogens with zero attached hydrogens (tertiary/aromatic N) is 2. The molecule has 212 valence electrons. The van der Waals surface area contributed by atoms with E-state index in [0.29, 0.717) is 59.2 Å². The second-order valence-corrected chi connectivity index (χ2v) is 12.1. The molecule has 0 N–H and O–H groups in total. The lowest BCUT2D eigenvalue weighted by Crippen LogP contribution is -2.00. The molecule has 2 heterocycles. The summed E-state index contributed by atoms with van der Waals surface area (Å²) in [6.07, 6.45) is 0. The number of hydrogen-bond acceptors (Lipinski definition) is 5. The fourth-order valence-corrected chi connectivity index (χ4v) is 7.04. The van der Waals surface area contributed by atoms with Gasteiger partial charge >= 0.3 is 5.97 Å². The van der Waals surface area contributed by atoms with Crippen molar-refractivity contribution in [1.29, 1.82) is 5.26 Å². The van der Waals surface area contributed by atoms with Gasteiger partial charge in [0.25, 0.3) is 0 Å². The molecule has 0 aliphatic carbocycles. The number of thiophene rings is 1. The van der Waals surface area contributed by atoms with Crippen LogP contribution < -0.4 is 0 Å². The van der Waals surface area contributed by atoms with E-state index in [1.165, 1.54) is 48.6 Å². The van der Waals surface area contributed by atoms with Crippen molar-refractivity contribution in [2.75, 3.05) is 7.11 Å². The van der Waals surface area contributed by atoms with Gasteiger partial charge in [0.15, 0.2) is 0 Å². The molecule has 0 aliphatic rings. The van der Waals surface area contributed by atoms with Gasteiger partial charge in [-0.3, -0.25) is 3.97 Å². The molecular formula is C34H21ClF2N2O2S2. The number of halogens is 3. The lowest BCUT2D eigenvalue weighted by molar-refractivity contribution is 0.0600. The Bertz CT molecular complexity index is 2090. The van der Waals surface area contributed by atoms with Crippen molar-refractivity contribution in [1.82, 2.24) is 3.97 Å². The Hall–Kier alpha value is -4.42. The summed E-state index contributed by atoms with van der Waals surface area (Å²) in [7, 11) is 1.31. The Balaban J connectivity index is 1.63. The number of esters is 1. The zero-order valence-corrected chi connectivity index (χ0v) is 25.2. The molecule has 6 rings (SSSR count). The Morgan fingerprint density at radius 2 is 1.79 bits per heavy atom. The van der Waals surface area contributed by atoms with E-state index in [9.17, 15) is 18.8 Å². The van der Waals surface area contributed by atoms with Crippen LogP contribution in [0.2, 0.25) is 5.02 Å². The van der Waals surface area contributed by atoms with Crippen molar-refractivity contribution >= 4 is 51.8 Å². The minimum atomic E-state index is -0.489. The Morgan fingerprint density at radius 1 is 0.977 bits per heavy atom. The molecule has 0 fully saturated rings. The first-order chi connectivity index (χ1) is 20.8. The summed E-state index contributed by atoms with van der Waals surface area (Å²) in [5.74, 6) is -1.23. The first kappa shape index (κ1) is 28.7. The lowest BCUT2D eigenvalue weighted by Gasteiger charge is -2.14. The van der Waals surface area contributed by atoms with E-state index in [1.807, 2.05) is 45.8 Å². The highest BCUT2D eigenvalue weighted by Crippen LogP contribution is 2.47. The highest BCUT2D eigenvalue weighted by Gasteiger charge is 2.25. The first-order valence-corrected chi connectivity index (χ1v) is 15.1. The SMILES string of the molecule is COC(=O)c1ccc(-c2cccc(-c3c(-c4ccsc4C#N)c4cc(F)ccc4n3Sc3ccc(C)c(F)c3)c2)c(Cl)c1. The van der Waals surface area contributed by atoms with Crippen molar-refractivity contribution < 1.29 is 18.3 Å². The number of aryl methyl sites for hydroxylation is 1. The summed E-state index contributed by atoms with van der Waals surface area (Å²) in [5.41, 5.74) is 5.91. The summed E-state index contributed by atoms with van der Waals surface area (Å²) in [5, 5.41) is 12.8. The molecule has 6 aromatic rings. The lowest BCUT2D eigenvalue weighted by atomic mass is 9.96. The molecule has 0 amide bonds. The molecule has 0 radical (unpaired) electrons. The van der Waals surface area contributed by atoms with Crippen molar-refractivity contribution in [2.45, 2.75) is 11.8 Å². The van der Waals surface area contributed by atoms with Crippen LogP contribution in [0.5, 0.6) is 0 Å². The normalized spacial score (nSPS) is 11.1. The fourth-order valence-electron chi connectivity index (χ4n) is 5.02. The van der Waals surface area contributed by atoms with E-state index in [0.717, 1.165) is 11.1 Å². The van der Waals surface area contributed by atoms with Gasteiger partial charge < -0.3 is 4.74 Å². The number of benzene rings is 4. The minimum Gasteiger partial charge on any atom is -0.465 e. The fraction of sp³-hybridized carbons (Fsp3) is 0.0588. The van der Waals surface area contributed by atoms with Crippen molar-refractivity contribution in [3.05, 3.63) is 123 Å². The molecule has 0 atom stereocenters. The van der Waals surface area contributed by atoms with Gasteiger partial charge in [0, 0.05) is 37.6 Å². The number of carbonyl (C=O) groups is 1. The maximum Gasteiger partial charge on any atom is 0.337 e. The van der Waals surface area contributed by atoms with Crippen LogP contribution in [0.4, 0.5) is 8.78 Å². The number of ether oxygens (including phenoxy) is 1. The number of hydrogen-bond donors (Lipinski definition) is 0. The van der Waals surface area contributed by atoms with E-state index in [4.69, 9.17) is 16.3 Å². The Morgan fingerprint density at radius 3 is 2.53 bits per heavy atom. The van der Waals surface area contributed by atoms with Crippen molar-refractivity contribution in [2.24, 2.45) is 0 Å². The summed E-state index contributed by atoms with van der Waals surface area (Å²) in [6, 6.07) is 26.4. The molecule has 0 bridgehead atoms. The number of fused-ring (bicyclic) bond motifs is 1. The van der Waals surface area contributed by atoms with E-state index in [2.05, 4.69) is 6.07 Å². The average molecular weight is 627 g/mol. The van der Waals surface area contributed by atoms with Gasteiger partial charge in [-0.15, -0.1) is 11.3 Å². The maximum absolute atomic E-state index is 14.8. The van der Waals surface area contributed by atoms with E-state index in [1.54, 1.807) is 37.3 Å². The predicted octanol–water partition coefficient (Wildman–Crippen LogP) is 10.2. The zero-order chi connectivity index (χ0) is 30.2. The van der Waals surface area contributed by atoms with Crippen LogP contribution in [-0.4, -0.2) is 17.1 Å². The summed E-state index contributed by atoms with van der Waals surface area (Å²) in [6.45, 7) is 1.70. The van der Waals surface area contributed by atoms with Crippen LogP contribution >= 0.6 is 34.9 Å². The first-order valence-electron chi connectivity index (χ1n) is 13.0. The summed E-state index contributed by atoms with van der Waals surface area (Å²) in [4.78, 5) is 13.2. The molecule has 0 spiro atoms. The van der Waals surface area contributed by atoms with Gasteiger partial charge in [0.05, 0.1) is 23.9 Å². The standard InChI is InChI=1S/C34H21ClF2N2O2S2/c1-19-6-9-24(17-29(19)37)43-39-30-11-8-23(36)16-27(30)32(26-12-13-42-31(26)18-38)33(39)21-5-3-4-20(14-21)25-10-7-22(15-28(25)35)34(40)41-2/h3-17H,1-2H3.